The summed E-state index contributed by atoms with van der Waals surface area (Å²) in [4.78, 5) is 4.52. The molecule has 0 saturated carbocycles. The van der Waals surface area contributed by atoms with E-state index in [2.05, 4.69) is 16.2 Å². The summed E-state index contributed by atoms with van der Waals surface area (Å²) in [5.41, 5.74) is 2.95. The van der Waals surface area contributed by atoms with E-state index in [1.807, 2.05) is 23.7 Å². The van der Waals surface area contributed by atoms with E-state index in [0.717, 1.165) is 11.0 Å². The Labute approximate surface area is 115 Å². The predicted octanol–water partition coefficient (Wildman–Crippen LogP) is 2.25. The van der Waals surface area contributed by atoms with Crippen LogP contribution in [0.5, 0.6) is 0 Å². The summed E-state index contributed by atoms with van der Waals surface area (Å²) in [6, 6.07) is 9.31. The van der Waals surface area contributed by atoms with Crippen molar-refractivity contribution in [2.24, 2.45) is 7.05 Å². The summed E-state index contributed by atoms with van der Waals surface area (Å²) in [5, 5.41) is 13.0. The topological polar surface area (TPSA) is 76.9 Å². The largest absolute Gasteiger partial charge is 0.377 e. The van der Waals surface area contributed by atoms with Gasteiger partial charge in [0.15, 0.2) is 11.6 Å². The highest BCUT2D eigenvalue weighted by Crippen LogP contribution is 2.24. The molecule has 0 radical (unpaired) electrons. The smallest absolute Gasteiger partial charge is 0.163 e. The number of nitrogens with zero attached hydrogens (tertiary/aromatic N) is 4. The van der Waals surface area contributed by atoms with Crippen LogP contribution in [0.25, 0.3) is 22.6 Å². The third-order valence-corrected chi connectivity index (χ3v) is 3.08. The maximum atomic E-state index is 8.95. The van der Waals surface area contributed by atoms with Gasteiger partial charge in [0.05, 0.1) is 22.7 Å². The normalized spacial score (nSPS) is 10.8. The van der Waals surface area contributed by atoms with Gasteiger partial charge in [0.1, 0.15) is 12.3 Å². The lowest BCUT2D eigenvalue weighted by molar-refractivity contribution is 0.156. The number of ether oxygens (including phenoxy) is 1. The third-order valence-electron chi connectivity index (χ3n) is 3.08. The quantitative estimate of drug-likeness (QED) is 0.728. The molecule has 3 aromatic rings. The molecule has 6 heteroatoms. The minimum atomic E-state index is 0.371. The molecule has 0 spiro atoms. The average Bonchev–Trinajstić information content (AvgIpc) is 3.04. The lowest BCUT2D eigenvalue weighted by Crippen LogP contribution is -1.92. The van der Waals surface area contributed by atoms with Gasteiger partial charge in [0, 0.05) is 20.2 Å². The number of hydrogen-bond donors (Lipinski definition) is 0. The van der Waals surface area contributed by atoms with E-state index in [-0.39, 0.29) is 0 Å². The summed E-state index contributed by atoms with van der Waals surface area (Å²) < 4.78 is 12.1. The number of aryl methyl sites for hydroxylation is 1. The average molecular weight is 268 g/mol. The van der Waals surface area contributed by atoms with Crippen molar-refractivity contribution < 1.29 is 9.26 Å². The third kappa shape index (κ3) is 1.94. The van der Waals surface area contributed by atoms with Crippen molar-refractivity contribution in [3.8, 4) is 17.6 Å². The minimum Gasteiger partial charge on any atom is -0.377 e. The van der Waals surface area contributed by atoms with Crippen molar-refractivity contribution in [3.05, 3.63) is 35.6 Å². The van der Waals surface area contributed by atoms with E-state index in [0.29, 0.717) is 29.4 Å². The van der Waals surface area contributed by atoms with Crippen LogP contribution in [-0.2, 0) is 18.4 Å². The van der Waals surface area contributed by atoms with Gasteiger partial charge in [0.2, 0.25) is 0 Å². The van der Waals surface area contributed by atoms with Crippen molar-refractivity contribution in [2.75, 3.05) is 7.11 Å². The molecule has 0 saturated heterocycles. The number of benzene rings is 1. The molecule has 100 valence electrons. The van der Waals surface area contributed by atoms with Gasteiger partial charge in [-0.25, -0.2) is 4.98 Å². The van der Waals surface area contributed by atoms with E-state index in [9.17, 15) is 0 Å². The first-order valence-corrected chi connectivity index (χ1v) is 6.04. The number of methoxy groups -OCH3 is 1. The lowest BCUT2D eigenvalue weighted by Gasteiger charge is -1.97. The molecule has 2 heterocycles. The molecule has 0 aliphatic heterocycles. The zero-order valence-electron chi connectivity index (χ0n) is 11.1. The Morgan fingerprint density at radius 3 is 3.00 bits per heavy atom. The molecule has 2 aromatic heterocycles. The van der Waals surface area contributed by atoms with Crippen LogP contribution in [0.3, 0.4) is 0 Å². The molecule has 0 unspecified atom stereocenters. The number of imidazole rings is 1. The summed E-state index contributed by atoms with van der Waals surface area (Å²) in [5.74, 6) is 1.34. The Hall–Kier alpha value is -2.65. The maximum absolute atomic E-state index is 8.95. The number of nitriles is 1. The molecule has 0 aliphatic rings. The van der Waals surface area contributed by atoms with Gasteiger partial charge in [-0.3, -0.25) is 0 Å². The van der Waals surface area contributed by atoms with Crippen LogP contribution in [0.4, 0.5) is 0 Å². The fourth-order valence-corrected chi connectivity index (χ4v) is 2.12. The molecule has 0 bridgehead atoms. The van der Waals surface area contributed by atoms with Crippen molar-refractivity contribution in [2.45, 2.75) is 6.61 Å². The number of rotatable bonds is 3. The molecular formula is C14H12N4O2. The highest BCUT2D eigenvalue weighted by molar-refractivity contribution is 5.81. The molecule has 0 N–H and O–H groups in total. The Bertz CT molecular complexity index is 810. The molecule has 0 fully saturated rings. The molecule has 20 heavy (non-hydrogen) atoms. The lowest BCUT2D eigenvalue weighted by atomic mass is 10.2. The highest BCUT2D eigenvalue weighted by Gasteiger charge is 2.14. The first kappa shape index (κ1) is 12.4. The van der Waals surface area contributed by atoms with Crippen LogP contribution in [0.15, 0.2) is 28.8 Å². The zero-order valence-corrected chi connectivity index (χ0v) is 11.1. The molecule has 0 amide bonds. The van der Waals surface area contributed by atoms with Crippen molar-refractivity contribution in [3.63, 3.8) is 0 Å². The molecule has 0 aliphatic carbocycles. The second kappa shape index (κ2) is 4.79. The Morgan fingerprint density at radius 2 is 2.25 bits per heavy atom. The number of fused-ring (bicyclic) bond motifs is 1. The van der Waals surface area contributed by atoms with Gasteiger partial charge in [0.25, 0.3) is 0 Å². The second-order valence-electron chi connectivity index (χ2n) is 4.42. The summed E-state index contributed by atoms with van der Waals surface area (Å²) in [6.07, 6.45) is 0. The van der Waals surface area contributed by atoms with Crippen LogP contribution in [0.2, 0.25) is 0 Å². The van der Waals surface area contributed by atoms with E-state index in [4.69, 9.17) is 14.5 Å². The van der Waals surface area contributed by atoms with E-state index in [1.54, 1.807) is 19.2 Å². The Kier molecular flexibility index (Phi) is 2.97. The van der Waals surface area contributed by atoms with Crippen LogP contribution in [0.1, 0.15) is 11.3 Å². The molecule has 1 aromatic carbocycles. The fourth-order valence-electron chi connectivity index (χ4n) is 2.12. The Balaban J connectivity index is 2.11. The summed E-state index contributed by atoms with van der Waals surface area (Å²) in [7, 11) is 3.48. The monoisotopic (exact) mass is 268 g/mol. The van der Waals surface area contributed by atoms with Crippen LogP contribution >= 0.6 is 0 Å². The fraction of sp³-hybridized carbons (Fsp3) is 0.214. The predicted molar refractivity (Wildman–Crippen MR) is 71.6 cm³/mol. The van der Waals surface area contributed by atoms with Crippen molar-refractivity contribution in [1.82, 2.24) is 14.7 Å². The first-order chi connectivity index (χ1) is 9.72. The molecule has 6 nitrogen and oxygen atoms in total. The van der Waals surface area contributed by atoms with Crippen LogP contribution in [0, 0.1) is 11.3 Å². The van der Waals surface area contributed by atoms with Gasteiger partial charge >= 0.3 is 0 Å². The van der Waals surface area contributed by atoms with E-state index >= 15 is 0 Å². The first-order valence-electron chi connectivity index (χ1n) is 6.04. The maximum Gasteiger partial charge on any atom is 0.163 e. The molecule has 3 rings (SSSR count). The number of hydrogen-bond acceptors (Lipinski definition) is 5. The van der Waals surface area contributed by atoms with E-state index < -0.39 is 0 Å². The van der Waals surface area contributed by atoms with Crippen molar-refractivity contribution in [1.29, 1.82) is 5.26 Å². The SMILES string of the molecule is COCc1cc(-c2nc3ccc(C#N)cc3n2C)no1. The standard InChI is InChI=1S/C14H12N4O2/c1-18-13-5-9(7-15)3-4-11(13)16-14(18)12-6-10(8-19-2)20-17-12/h3-6H,8H2,1-2H3. The minimum absolute atomic E-state index is 0.371. The van der Waals surface area contributed by atoms with Gasteiger partial charge in [-0.2, -0.15) is 5.26 Å². The van der Waals surface area contributed by atoms with E-state index in [1.165, 1.54) is 0 Å². The van der Waals surface area contributed by atoms with Gasteiger partial charge < -0.3 is 13.8 Å². The molecular weight excluding hydrogens is 256 g/mol. The zero-order chi connectivity index (χ0) is 14.1. The van der Waals surface area contributed by atoms with Crippen molar-refractivity contribution >= 4 is 11.0 Å². The molecule has 0 atom stereocenters. The second-order valence-corrected chi connectivity index (χ2v) is 4.42. The highest BCUT2D eigenvalue weighted by atomic mass is 16.5. The van der Waals surface area contributed by atoms with Crippen LogP contribution in [-0.4, -0.2) is 21.8 Å². The summed E-state index contributed by atoms with van der Waals surface area (Å²) in [6.45, 7) is 0.371. The van der Waals surface area contributed by atoms with Gasteiger partial charge in [-0.05, 0) is 18.2 Å². The van der Waals surface area contributed by atoms with Crippen LogP contribution < -0.4 is 0 Å². The van der Waals surface area contributed by atoms with Gasteiger partial charge in [-0.1, -0.05) is 5.16 Å². The number of aromatic nitrogens is 3. The Morgan fingerprint density at radius 1 is 1.40 bits per heavy atom. The summed E-state index contributed by atoms with van der Waals surface area (Å²) >= 11 is 0. The van der Waals surface area contributed by atoms with Gasteiger partial charge in [-0.15, -0.1) is 0 Å².